The van der Waals surface area contributed by atoms with Crippen LogP contribution in [-0.2, 0) is 16.0 Å². The number of nitrogens with zero attached hydrogens (tertiary/aromatic N) is 3. The van der Waals surface area contributed by atoms with E-state index in [4.69, 9.17) is 11.6 Å². The molecule has 0 atom stereocenters. The van der Waals surface area contributed by atoms with E-state index in [1.165, 1.54) is 53.9 Å². The van der Waals surface area contributed by atoms with Gasteiger partial charge in [-0.15, -0.1) is 11.3 Å². The summed E-state index contributed by atoms with van der Waals surface area (Å²) in [7, 11) is -3.43. The van der Waals surface area contributed by atoms with Gasteiger partial charge in [-0.05, 0) is 35.9 Å². The molecule has 0 amide bonds. The van der Waals surface area contributed by atoms with Gasteiger partial charge in [0.25, 0.3) is 0 Å². The molecule has 0 aliphatic rings. The van der Waals surface area contributed by atoms with Crippen molar-refractivity contribution >= 4 is 32.8 Å². The molecule has 4 aromatic rings. The predicted octanol–water partition coefficient (Wildman–Crippen LogP) is 5.74. The highest BCUT2D eigenvalue weighted by Crippen LogP contribution is 2.39. The number of alkyl halides is 3. The zero-order valence-electron chi connectivity index (χ0n) is 15.8. The predicted molar refractivity (Wildman–Crippen MR) is 113 cm³/mol. The van der Waals surface area contributed by atoms with Crippen molar-refractivity contribution in [2.75, 3.05) is 6.26 Å². The fourth-order valence-electron chi connectivity index (χ4n) is 3.01. The summed E-state index contributed by atoms with van der Waals surface area (Å²) in [5.74, 6) is 0. The number of hydrogen-bond donors (Lipinski definition) is 0. The van der Waals surface area contributed by atoms with Gasteiger partial charge in [-0.25, -0.2) is 18.1 Å². The summed E-state index contributed by atoms with van der Waals surface area (Å²) in [5.41, 5.74) is 2.21. The molecule has 4 rings (SSSR count). The Kier molecular flexibility index (Phi) is 5.40. The minimum Gasteiger partial charge on any atom is -0.245 e. The highest BCUT2D eigenvalue weighted by molar-refractivity contribution is 7.90. The lowest BCUT2D eigenvalue weighted by Crippen LogP contribution is -2.08. The third-order valence-electron chi connectivity index (χ3n) is 4.50. The first-order valence-electron chi connectivity index (χ1n) is 8.70. The Bertz CT molecular complexity index is 1350. The minimum absolute atomic E-state index is 0.0593. The maximum atomic E-state index is 13.7. The van der Waals surface area contributed by atoms with Gasteiger partial charge in [0, 0.05) is 29.0 Å². The second-order valence-corrected chi connectivity index (χ2v) is 9.81. The maximum absolute atomic E-state index is 13.7. The van der Waals surface area contributed by atoms with Crippen LogP contribution in [0, 0.1) is 0 Å². The zero-order chi connectivity index (χ0) is 22.4. The number of sulfone groups is 1. The molecule has 0 fully saturated rings. The smallest absolute Gasteiger partial charge is 0.245 e. The average Bonchev–Trinajstić information content (AvgIpc) is 3.37. The van der Waals surface area contributed by atoms with E-state index in [-0.39, 0.29) is 26.7 Å². The first-order valence-corrected chi connectivity index (χ1v) is 11.9. The molecule has 2 heterocycles. The number of hydrogen-bond acceptors (Lipinski definition) is 5. The normalized spacial score (nSPS) is 12.3. The molecule has 5 nitrogen and oxygen atoms in total. The lowest BCUT2D eigenvalue weighted by molar-refractivity contribution is -0.140. The second-order valence-electron chi connectivity index (χ2n) is 6.67. The van der Waals surface area contributed by atoms with E-state index >= 15 is 0 Å². The van der Waals surface area contributed by atoms with Crippen molar-refractivity contribution in [3.8, 4) is 28.1 Å². The maximum Gasteiger partial charge on any atom is 0.435 e. The van der Waals surface area contributed by atoms with Gasteiger partial charge in [0.15, 0.2) is 15.5 Å². The Balaban J connectivity index is 1.80. The van der Waals surface area contributed by atoms with Crippen molar-refractivity contribution in [2.45, 2.75) is 11.1 Å². The Labute approximate surface area is 184 Å². The van der Waals surface area contributed by atoms with E-state index in [0.29, 0.717) is 11.3 Å². The van der Waals surface area contributed by atoms with Crippen LogP contribution in [-0.4, -0.2) is 29.4 Å². The first kappa shape index (κ1) is 21.5. The highest BCUT2D eigenvalue weighted by atomic mass is 35.5. The molecule has 0 spiro atoms. The Morgan fingerprint density at radius 3 is 2.32 bits per heavy atom. The van der Waals surface area contributed by atoms with Crippen LogP contribution in [0.2, 0.25) is 5.02 Å². The molecule has 2 aromatic carbocycles. The van der Waals surface area contributed by atoms with Gasteiger partial charge in [0.05, 0.1) is 26.8 Å². The van der Waals surface area contributed by atoms with E-state index in [2.05, 4.69) is 10.1 Å². The van der Waals surface area contributed by atoms with E-state index in [1.54, 1.807) is 17.0 Å². The summed E-state index contributed by atoms with van der Waals surface area (Å²) in [5, 5.41) is 5.77. The van der Waals surface area contributed by atoms with Crippen LogP contribution >= 0.6 is 22.9 Å². The summed E-state index contributed by atoms with van der Waals surface area (Å²) in [6.45, 7) is 0. The number of halogens is 4. The molecule has 0 aliphatic heterocycles. The van der Waals surface area contributed by atoms with E-state index in [1.807, 2.05) is 0 Å². The van der Waals surface area contributed by atoms with Crippen molar-refractivity contribution in [3.05, 3.63) is 70.3 Å². The molecule has 0 saturated carbocycles. The van der Waals surface area contributed by atoms with Crippen molar-refractivity contribution < 1.29 is 21.6 Å². The zero-order valence-corrected chi connectivity index (χ0v) is 18.1. The first-order chi connectivity index (χ1) is 14.5. The van der Waals surface area contributed by atoms with Crippen molar-refractivity contribution in [2.24, 2.45) is 0 Å². The summed E-state index contributed by atoms with van der Waals surface area (Å²) in [6, 6.07) is 10.0. The van der Waals surface area contributed by atoms with Crippen LogP contribution in [0.5, 0.6) is 0 Å². The Hall–Kier alpha value is -2.69. The third-order valence-corrected chi connectivity index (χ3v) is 6.53. The quantitative estimate of drug-likeness (QED) is 0.371. The molecule has 0 saturated heterocycles. The van der Waals surface area contributed by atoms with Crippen LogP contribution in [0.1, 0.15) is 5.69 Å². The molecule has 11 heteroatoms. The van der Waals surface area contributed by atoms with Gasteiger partial charge in [0.2, 0.25) is 0 Å². The van der Waals surface area contributed by atoms with Crippen molar-refractivity contribution in [1.29, 1.82) is 0 Å². The van der Waals surface area contributed by atoms with Crippen LogP contribution in [0.15, 0.2) is 64.4 Å². The largest absolute Gasteiger partial charge is 0.435 e. The lowest BCUT2D eigenvalue weighted by atomic mass is 10.0. The van der Waals surface area contributed by atoms with E-state index < -0.39 is 21.7 Å². The topological polar surface area (TPSA) is 64.8 Å². The molecule has 0 radical (unpaired) electrons. The molecule has 31 heavy (non-hydrogen) atoms. The second kappa shape index (κ2) is 7.77. The van der Waals surface area contributed by atoms with Crippen molar-refractivity contribution in [1.82, 2.24) is 14.8 Å². The summed E-state index contributed by atoms with van der Waals surface area (Å²) in [6.07, 6.45) is -2.41. The van der Waals surface area contributed by atoms with Gasteiger partial charge in [-0.3, -0.25) is 0 Å². The molecule has 0 unspecified atom stereocenters. The van der Waals surface area contributed by atoms with Crippen LogP contribution in [0.3, 0.4) is 0 Å². The molecule has 160 valence electrons. The Morgan fingerprint density at radius 1 is 1.06 bits per heavy atom. The molecular formula is C20H13ClF3N3O2S2. The van der Waals surface area contributed by atoms with Gasteiger partial charge in [-0.1, -0.05) is 23.7 Å². The number of rotatable bonds is 4. The van der Waals surface area contributed by atoms with Crippen LogP contribution in [0.4, 0.5) is 13.2 Å². The lowest BCUT2D eigenvalue weighted by Gasteiger charge is -2.08. The number of thiazole rings is 1. The third kappa shape index (κ3) is 4.36. The molecule has 0 aliphatic carbocycles. The summed E-state index contributed by atoms with van der Waals surface area (Å²) >= 11 is 7.70. The average molecular weight is 484 g/mol. The summed E-state index contributed by atoms with van der Waals surface area (Å²) < 4.78 is 65.4. The van der Waals surface area contributed by atoms with E-state index in [9.17, 15) is 21.6 Å². The monoisotopic (exact) mass is 483 g/mol. The number of benzene rings is 2. The van der Waals surface area contributed by atoms with E-state index in [0.717, 1.165) is 10.9 Å². The summed E-state index contributed by atoms with van der Waals surface area (Å²) in [4.78, 5) is 4.23. The highest BCUT2D eigenvalue weighted by Gasteiger charge is 2.38. The fourth-order valence-corrected chi connectivity index (χ4v) is 4.47. The molecule has 2 aromatic heterocycles. The van der Waals surface area contributed by atoms with Gasteiger partial charge < -0.3 is 0 Å². The fraction of sp³-hybridized carbons (Fsp3) is 0.100. The van der Waals surface area contributed by atoms with Crippen LogP contribution < -0.4 is 0 Å². The van der Waals surface area contributed by atoms with Gasteiger partial charge >= 0.3 is 6.18 Å². The van der Waals surface area contributed by atoms with Crippen LogP contribution in [0.25, 0.3) is 28.1 Å². The Morgan fingerprint density at radius 2 is 1.77 bits per heavy atom. The van der Waals surface area contributed by atoms with Gasteiger partial charge in [-0.2, -0.15) is 18.3 Å². The van der Waals surface area contributed by atoms with Gasteiger partial charge in [0.1, 0.15) is 0 Å². The molecule has 0 bridgehead atoms. The molecule has 0 N–H and O–H groups in total. The number of aromatic nitrogens is 3. The standard InChI is InChI=1S/C20H13ClF3N3O2S2/c1-31(28,29)14-5-3-13(4-6-14)27-9-16(19(26-27)20(22,23)24)12-2-7-15(17(21)8-12)18-10-30-11-25-18/h2-11H,1H3. The SMILES string of the molecule is CS(=O)(=O)c1ccc(-n2cc(-c3ccc(-c4cscn4)c(Cl)c3)c(C(F)(F)F)n2)cc1. The minimum atomic E-state index is -4.70. The van der Waals surface area contributed by atoms with Crippen molar-refractivity contribution in [3.63, 3.8) is 0 Å². The molecular weight excluding hydrogens is 471 g/mol.